The van der Waals surface area contributed by atoms with E-state index in [-0.39, 0.29) is 15.9 Å². The second kappa shape index (κ2) is 5.70. The lowest BCUT2D eigenvalue weighted by Gasteiger charge is -2.12. The van der Waals surface area contributed by atoms with E-state index in [4.69, 9.17) is 12.2 Å². The molecule has 0 saturated heterocycles. The molecule has 0 aliphatic rings. The van der Waals surface area contributed by atoms with Crippen LogP contribution in [0.5, 0.6) is 0 Å². The number of aromatic amines is 1. The van der Waals surface area contributed by atoms with E-state index < -0.39 is 11.7 Å². The normalized spacial score (nSPS) is 11.6. The Morgan fingerprint density at radius 1 is 1.35 bits per heavy atom. The highest BCUT2D eigenvalue weighted by molar-refractivity contribution is 7.71. The molecule has 7 heteroatoms. The maximum Gasteiger partial charge on any atom is 0.417 e. The summed E-state index contributed by atoms with van der Waals surface area (Å²) in [6, 6.07) is 2.37. The van der Waals surface area contributed by atoms with Crippen molar-refractivity contribution in [2.75, 3.05) is 0 Å². The van der Waals surface area contributed by atoms with Crippen LogP contribution < -0.4 is 0 Å². The molecule has 0 aromatic carbocycles. The summed E-state index contributed by atoms with van der Waals surface area (Å²) in [6.45, 7) is 1.95. The maximum atomic E-state index is 13.0. The average Bonchev–Trinajstić information content (AvgIpc) is 2.37. The van der Waals surface area contributed by atoms with E-state index in [0.29, 0.717) is 12.2 Å². The van der Waals surface area contributed by atoms with Crippen LogP contribution in [0.4, 0.5) is 13.2 Å². The number of rotatable bonds is 3. The molecule has 2 aromatic rings. The molecular formula is C13H12F3N3S. The first-order chi connectivity index (χ1) is 9.41. The van der Waals surface area contributed by atoms with Crippen LogP contribution in [0.15, 0.2) is 24.5 Å². The zero-order chi connectivity index (χ0) is 14.8. The second-order valence-corrected chi connectivity index (χ2v) is 4.67. The topological polar surface area (TPSA) is 41.6 Å². The van der Waals surface area contributed by atoms with E-state index in [1.54, 1.807) is 0 Å². The van der Waals surface area contributed by atoms with Gasteiger partial charge < -0.3 is 4.98 Å². The molecule has 0 amide bonds. The van der Waals surface area contributed by atoms with E-state index in [0.717, 1.165) is 18.7 Å². The van der Waals surface area contributed by atoms with Gasteiger partial charge in [-0.3, -0.25) is 4.98 Å². The van der Waals surface area contributed by atoms with E-state index in [2.05, 4.69) is 15.0 Å². The molecule has 1 N–H and O–H groups in total. The summed E-state index contributed by atoms with van der Waals surface area (Å²) in [7, 11) is 0. The number of nitrogens with zero attached hydrogens (tertiary/aromatic N) is 2. The summed E-state index contributed by atoms with van der Waals surface area (Å²) in [5, 5.41) is 0. The molecule has 0 spiro atoms. The third-order valence-corrected chi connectivity index (χ3v) is 2.90. The Balaban J connectivity index is 2.60. The minimum absolute atomic E-state index is 0.0224. The Labute approximate surface area is 118 Å². The number of alkyl halides is 3. The van der Waals surface area contributed by atoms with Gasteiger partial charge in [0.25, 0.3) is 0 Å². The molecule has 106 valence electrons. The summed E-state index contributed by atoms with van der Waals surface area (Å²) >= 11 is 5.01. The first kappa shape index (κ1) is 14.6. The zero-order valence-corrected chi connectivity index (χ0v) is 11.5. The average molecular weight is 299 g/mol. The zero-order valence-electron chi connectivity index (χ0n) is 10.7. The van der Waals surface area contributed by atoms with Gasteiger partial charge in [-0.1, -0.05) is 19.1 Å². The number of pyridine rings is 1. The molecule has 0 aliphatic heterocycles. The second-order valence-electron chi connectivity index (χ2n) is 4.25. The first-order valence-electron chi connectivity index (χ1n) is 6.03. The fraction of sp³-hybridized carbons (Fsp3) is 0.308. The van der Waals surface area contributed by atoms with Crippen LogP contribution in [0.25, 0.3) is 11.3 Å². The van der Waals surface area contributed by atoms with Crippen LogP contribution in [0.3, 0.4) is 0 Å². The monoisotopic (exact) mass is 299 g/mol. The molecule has 2 aromatic heterocycles. The molecule has 0 atom stereocenters. The molecule has 0 fully saturated rings. The van der Waals surface area contributed by atoms with Gasteiger partial charge in [-0.15, -0.1) is 0 Å². The third-order valence-electron chi connectivity index (χ3n) is 2.70. The lowest BCUT2D eigenvalue weighted by molar-refractivity contribution is -0.137. The highest BCUT2D eigenvalue weighted by Gasteiger charge is 2.33. The molecule has 0 saturated carbocycles. The van der Waals surface area contributed by atoms with Crippen molar-refractivity contribution in [1.82, 2.24) is 15.0 Å². The van der Waals surface area contributed by atoms with Crippen molar-refractivity contribution in [1.29, 1.82) is 0 Å². The van der Waals surface area contributed by atoms with Crippen LogP contribution in [-0.4, -0.2) is 15.0 Å². The predicted molar refractivity (Wildman–Crippen MR) is 71.6 cm³/mol. The summed E-state index contributed by atoms with van der Waals surface area (Å²) in [6.07, 6.45) is -0.698. The molecule has 3 nitrogen and oxygen atoms in total. The lowest BCUT2D eigenvalue weighted by atomic mass is 10.1. The fourth-order valence-corrected chi connectivity index (χ4v) is 2.09. The van der Waals surface area contributed by atoms with Crippen molar-refractivity contribution >= 4 is 12.2 Å². The van der Waals surface area contributed by atoms with Crippen LogP contribution >= 0.6 is 12.2 Å². The predicted octanol–water partition coefficient (Wildman–Crippen LogP) is 4.17. The minimum Gasteiger partial charge on any atom is -0.343 e. The summed E-state index contributed by atoms with van der Waals surface area (Å²) in [5.74, 6) is 0.576. The first-order valence-corrected chi connectivity index (χ1v) is 6.44. The Hall–Kier alpha value is -1.76. The quantitative estimate of drug-likeness (QED) is 0.865. The third kappa shape index (κ3) is 3.22. The molecular weight excluding hydrogens is 287 g/mol. The Morgan fingerprint density at radius 2 is 2.10 bits per heavy atom. The molecule has 0 aliphatic carbocycles. The summed E-state index contributed by atoms with van der Waals surface area (Å²) in [5.41, 5.74) is -0.480. The minimum atomic E-state index is -4.44. The van der Waals surface area contributed by atoms with Crippen molar-refractivity contribution < 1.29 is 13.2 Å². The number of aryl methyl sites for hydroxylation is 1. The van der Waals surface area contributed by atoms with Crippen LogP contribution in [0.1, 0.15) is 24.7 Å². The summed E-state index contributed by atoms with van der Waals surface area (Å²) in [4.78, 5) is 10.8. The van der Waals surface area contributed by atoms with Crippen LogP contribution in [-0.2, 0) is 12.6 Å². The van der Waals surface area contributed by atoms with Gasteiger partial charge in [0, 0.05) is 24.4 Å². The SMILES string of the molecule is CCCc1nc(=S)cc(-c2cnccc2C(F)(F)F)[nH]1. The van der Waals surface area contributed by atoms with E-state index in [1.165, 1.54) is 12.3 Å². The Kier molecular flexibility index (Phi) is 4.17. The Bertz CT molecular complexity index is 664. The van der Waals surface area contributed by atoms with Crippen molar-refractivity contribution in [2.24, 2.45) is 0 Å². The molecule has 20 heavy (non-hydrogen) atoms. The van der Waals surface area contributed by atoms with Gasteiger partial charge in [0.05, 0.1) is 11.3 Å². The van der Waals surface area contributed by atoms with Crippen molar-refractivity contribution in [3.05, 3.63) is 40.6 Å². The molecule has 0 unspecified atom stereocenters. The van der Waals surface area contributed by atoms with Gasteiger partial charge in [0.1, 0.15) is 10.5 Å². The number of H-pyrrole nitrogens is 1. The standard InChI is InChI=1S/C13H12F3N3S/c1-2-3-11-18-10(6-12(20)19-11)8-7-17-5-4-9(8)13(14,15)16/h4-7H,2-3H2,1H3,(H,18,19,20). The highest BCUT2D eigenvalue weighted by Crippen LogP contribution is 2.35. The molecule has 2 heterocycles. The smallest absolute Gasteiger partial charge is 0.343 e. The molecule has 0 radical (unpaired) electrons. The largest absolute Gasteiger partial charge is 0.417 e. The van der Waals surface area contributed by atoms with Gasteiger partial charge in [-0.25, -0.2) is 4.98 Å². The molecule has 2 rings (SSSR count). The van der Waals surface area contributed by atoms with Gasteiger partial charge in [-0.05, 0) is 18.6 Å². The van der Waals surface area contributed by atoms with Crippen molar-refractivity contribution in [3.8, 4) is 11.3 Å². The number of hydrogen-bond acceptors (Lipinski definition) is 3. The number of halogens is 3. The van der Waals surface area contributed by atoms with Gasteiger partial charge in [-0.2, -0.15) is 13.2 Å². The Morgan fingerprint density at radius 3 is 2.75 bits per heavy atom. The highest BCUT2D eigenvalue weighted by atomic mass is 32.1. The number of nitrogens with one attached hydrogen (secondary N) is 1. The van der Waals surface area contributed by atoms with Crippen molar-refractivity contribution in [3.63, 3.8) is 0 Å². The molecule has 0 bridgehead atoms. The lowest BCUT2D eigenvalue weighted by Crippen LogP contribution is -2.08. The number of aromatic nitrogens is 3. The van der Waals surface area contributed by atoms with Crippen molar-refractivity contribution in [2.45, 2.75) is 25.9 Å². The van der Waals surface area contributed by atoms with E-state index in [9.17, 15) is 13.2 Å². The maximum absolute atomic E-state index is 13.0. The van der Waals surface area contributed by atoms with E-state index >= 15 is 0 Å². The van der Waals surface area contributed by atoms with Gasteiger partial charge in [0.2, 0.25) is 0 Å². The van der Waals surface area contributed by atoms with Gasteiger partial charge in [0.15, 0.2) is 0 Å². The summed E-state index contributed by atoms with van der Waals surface area (Å²) < 4.78 is 39.3. The number of hydrogen-bond donors (Lipinski definition) is 1. The van der Waals surface area contributed by atoms with Crippen LogP contribution in [0.2, 0.25) is 0 Å². The van der Waals surface area contributed by atoms with Crippen LogP contribution in [0, 0.1) is 4.64 Å². The fourth-order valence-electron chi connectivity index (χ4n) is 1.86. The van der Waals surface area contributed by atoms with E-state index in [1.807, 2.05) is 6.92 Å². The van der Waals surface area contributed by atoms with Gasteiger partial charge >= 0.3 is 6.18 Å².